The largest absolute Gasteiger partial charge is 0.368 e. The van der Waals surface area contributed by atoms with Gasteiger partial charge in [-0.3, -0.25) is 14.8 Å². The van der Waals surface area contributed by atoms with E-state index in [-0.39, 0.29) is 5.91 Å². The number of hydrogen-bond donors (Lipinski definition) is 1. The van der Waals surface area contributed by atoms with Crippen LogP contribution in [0.5, 0.6) is 0 Å². The molecule has 6 nitrogen and oxygen atoms in total. The Kier molecular flexibility index (Phi) is 4.58. The SMILES string of the molecule is O=C1CCCN1CCCNc1nccnc1-c1ccncc1. The van der Waals surface area contributed by atoms with E-state index in [0.717, 1.165) is 49.6 Å². The normalized spacial score (nSPS) is 14.4. The van der Waals surface area contributed by atoms with Crippen LogP contribution in [0.2, 0.25) is 0 Å². The van der Waals surface area contributed by atoms with Crippen LogP contribution in [0.4, 0.5) is 5.82 Å². The molecule has 2 aromatic heterocycles. The van der Waals surface area contributed by atoms with Crippen molar-refractivity contribution in [3.05, 3.63) is 36.9 Å². The second-order valence-electron chi connectivity index (χ2n) is 5.25. The molecule has 0 radical (unpaired) electrons. The highest BCUT2D eigenvalue weighted by atomic mass is 16.2. The predicted octanol–water partition coefficient (Wildman–Crippen LogP) is 1.96. The molecule has 0 aromatic carbocycles. The molecule has 0 aliphatic carbocycles. The summed E-state index contributed by atoms with van der Waals surface area (Å²) in [5, 5.41) is 3.32. The van der Waals surface area contributed by atoms with E-state index in [1.54, 1.807) is 24.8 Å². The lowest BCUT2D eigenvalue weighted by Crippen LogP contribution is -2.27. The molecule has 1 N–H and O–H groups in total. The molecular weight excluding hydrogens is 278 g/mol. The number of hydrogen-bond acceptors (Lipinski definition) is 5. The minimum absolute atomic E-state index is 0.275. The van der Waals surface area contributed by atoms with Crippen molar-refractivity contribution in [2.24, 2.45) is 0 Å². The standard InChI is InChI=1S/C16H19N5O/c22-14-3-1-11-21(14)12-2-6-19-16-15(18-9-10-20-16)13-4-7-17-8-5-13/h4-5,7-10H,1-3,6,11-12H2,(H,19,20). The number of rotatable bonds is 6. The van der Waals surface area contributed by atoms with Crippen LogP contribution in [0, 0.1) is 0 Å². The molecule has 22 heavy (non-hydrogen) atoms. The van der Waals surface area contributed by atoms with Gasteiger partial charge in [0.15, 0.2) is 5.82 Å². The van der Waals surface area contributed by atoms with Crippen molar-refractivity contribution in [3.63, 3.8) is 0 Å². The van der Waals surface area contributed by atoms with Gasteiger partial charge in [0, 0.05) is 56.4 Å². The zero-order valence-corrected chi connectivity index (χ0v) is 12.4. The molecule has 0 unspecified atom stereocenters. The third-order valence-corrected chi connectivity index (χ3v) is 3.72. The molecule has 0 atom stereocenters. The molecule has 1 amide bonds. The molecule has 3 rings (SSSR count). The number of likely N-dealkylation sites (tertiary alicyclic amines) is 1. The number of nitrogens with zero attached hydrogens (tertiary/aromatic N) is 4. The molecule has 0 bridgehead atoms. The van der Waals surface area contributed by atoms with Crippen molar-refractivity contribution < 1.29 is 4.79 Å². The van der Waals surface area contributed by atoms with Crippen LogP contribution in [0.3, 0.4) is 0 Å². The fourth-order valence-corrected chi connectivity index (χ4v) is 2.61. The molecule has 3 heterocycles. The summed E-state index contributed by atoms with van der Waals surface area (Å²) in [6.45, 7) is 2.46. The highest BCUT2D eigenvalue weighted by Gasteiger charge is 2.19. The Morgan fingerprint density at radius 3 is 2.73 bits per heavy atom. The Balaban J connectivity index is 1.58. The van der Waals surface area contributed by atoms with Crippen molar-refractivity contribution in [1.82, 2.24) is 19.9 Å². The molecule has 1 aliphatic rings. The van der Waals surface area contributed by atoms with Crippen molar-refractivity contribution in [2.45, 2.75) is 19.3 Å². The number of aromatic nitrogens is 3. The van der Waals surface area contributed by atoms with Gasteiger partial charge in [-0.2, -0.15) is 0 Å². The predicted molar refractivity (Wildman–Crippen MR) is 84.2 cm³/mol. The monoisotopic (exact) mass is 297 g/mol. The van der Waals surface area contributed by atoms with Gasteiger partial charge >= 0.3 is 0 Å². The maximum absolute atomic E-state index is 11.6. The van der Waals surface area contributed by atoms with Gasteiger partial charge in [0.2, 0.25) is 5.91 Å². The second kappa shape index (κ2) is 6.98. The summed E-state index contributed by atoms with van der Waals surface area (Å²) in [4.78, 5) is 26.3. The first-order valence-corrected chi connectivity index (χ1v) is 7.57. The molecule has 0 spiro atoms. The Hall–Kier alpha value is -2.50. The van der Waals surface area contributed by atoms with Crippen LogP contribution in [0.25, 0.3) is 11.3 Å². The summed E-state index contributed by atoms with van der Waals surface area (Å²) in [6.07, 6.45) is 9.44. The quantitative estimate of drug-likeness (QED) is 0.825. The maximum Gasteiger partial charge on any atom is 0.222 e. The lowest BCUT2D eigenvalue weighted by atomic mass is 10.2. The van der Waals surface area contributed by atoms with Crippen molar-refractivity contribution in [2.75, 3.05) is 25.0 Å². The minimum atomic E-state index is 0.275. The topological polar surface area (TPSA) is 71.0 Å². The van der Waals surface area contributed by atoms with Gasteiger partial charge in [0.05, 0.1) is 0 Å². The van der Waals surface area contributed by atoms with Gasteiger partial charge in [-0.05, 0) is 25.0 Å². The van der Waals surface area contributed by atoms with Crippen LogP contribution >= 0.6 is 0 Å². The highest BCUT2D eigenvalue weighted by Crippen LogP contribution is 2.22. The van der Waals surface area contributed by atoms with Gasteiger partial charge in [-0.1, -0.05) is 0 Å². The Morgan fingerprint density at radius 1 is 1.14 bits per heavy atom. The molecule has 2 aromatic rings. The maximum atomic E-state index is 11.6. The van der Waals surface area contributed by atoms with Crippen LogP contribution < -0.4 is 5.32 Å². The van der Waals surface area contributed by atoms with E-state index < -0.39 is 0 Å². The third-order valence-electron chi connectivity index (χ3n) is 3.72. The first-order valence-electron chi connectivity index (χ1n) is 7.57. The van der Waals surface area contributed by atoms with E-state index in [2.05, 4.69) is 20.3 Å². The van der Waals surface area contributed by atoms with E-state index in [1.807, 2.05) is 17.0 Å². The number of anilines is 1. The van der Waals surface area contributed by atoms with Gasteiger partial charge in [-0.25, -0.2) is 4.98 Å². The Labute approximate surface area is 129 Å². The zero-order valence-electron chi connectivity index (χ0n) is 12.4. The minimum Gasteiger partial charge on any atom is -0.368 e. The molecule has 6 heteroatoms. The summed E-state index contributed by atoms with van der Waals surface area (Å²) < 4.78 is 0. The van der Waals surface area contributed by atoms with Crippen molar-refractivity contribution in [3.8, 4) is 11.3 Å². The van der Waals surface area contributed by atoms with Crippen molar-refractivity contribution in [1.29, 1.82) is 0 Å². The number of carbonyl (C=O) groups excluding carboxylic acids is 1. The summed E-state index contributed by atoms with van der Waals surface area (Å²) >= 11 is 0. The average Bonchev–Trinajstić information content (AvgIpc) is 2.98. The third kappa shape index (κ3) is 3.39. The van der Waals surface area contributed by atoms with E-state index in [9.17, 15) is 4.79 Å². The first-order chi connectivity index (χ1) is 10.8. The Bertz CT molecular complexity index is 631. The van der Waals surface area contributed by atoms with E-state index in [4.69, 9.17) is 0 Å². The molecule has 114 valence electrons. The van der Waals surface area contributed by atoms with Crippen LogP contribution in [-0.2, 0) is 4.79 Å². The fraction of sp³-hybridized carbons (Fsp3) is 0.375. The van der Waals surface area contributed by atoms with Crippen molar-refractivity contribution >= 4 is 11.7 Å². The van der Waals surface area contributed by atoms with E-state index in [0.29, 0.717) is 6.42 Å². The number of carbonyl (C=O) groups is 1. The van der Waals surface area contributed by atoms with Gasteiger partial charge in [0.25, 0.3) is 0 Å². The summed E-state index contributed by atoms with van der Waals surface area (Å²) in [5.74, 6) is 1.04. The van der Waals surface area contributed by atoms with Gasteiger partial charge in [0.1, 0.15) is 5.69 Å². The molecule has 1 aliphatic heterocycles. The molecule has 1 saturated heterocycles. The van der Waals surface area contributed by atoms with Crippen LogP contribution in [0.1, 0.15) is 19.3 Å². The molecule has 0 saturated carbocycles. The first kappa shape index (κ1) is 14.4. The summed E-state index contributed by atoms with van der Waals surface area (Å²) in [6, 6.07) is 3.83. The lowest BCUT2D eigenvalue weighted by molar-refractivity contribution is -0.127. The van der Waals surface area contributed by atoms with Crippen LogP contribution in [-0.4, -0.2) is 45.4 Å². The summed E-state index contributed by atoms with van der Waals surface area (Å²) in [7, 11) is 0. The fourth-order valence-electron chi connectivity index (χ4n) is 2.61. The lowest BCUT2D eigenvalue weighted by Gasteiger charge is -2.16. The van der Waals surface area contributed by atoms with E-state index in [1.165, 1.54) is 0 Å². The Morgan fingerprint density at radius 2 is 1.95 bits per heavy atom. The van der Waals surface area contributed by atoms with E-state index >= 15 is 0 Å². The smallest absolute Gasteiger partial charge is 0.222 e. The van der Waals surface area contributed by atoms with Gasteiger partial charge < -0.3 is 10.2 Å². The number of nitrogens with one attached hydrogen (secondary N) is 1. The molecule has 1 fully saturated rings. The number of amides is 1. The highest BCUT2D eigenvalue weighted by molar-refractivity contribution is 5.78. The number of pyridine rings is 1. The van der Waals surface area contributed by atoms with Crippen LogP contribution in [0.15, 0.2) is 36.9 Å². The second-order valence-corrected chi connectivity index (χ2v) is 5.25. The van der Waals surface area contributed by atoms with Gasteiger partial charge in [-0.15, -0.1) is 0 Å². The molecular formula is C16H19N5O. The summed E-state index contributed by atoms with van der Waals surface area (Å²) in [5.41, 5.74) is 1.81. The zero-order chi connectivity index (χ0) is 15.2. The average molecular weight is 297 g/mol.